The molecule has 2 unspecified atom stereocenters. The zero-order valence-corrected chi connectivity index (χ0v) is 13.3. The maximum atomic E-state index is 13.3. The molecular formula is C17H20FN3O2. The second-order valence-electron chi connectivity index (χ2n) is 6.24. The van der Waals surface area contributed by atoms with E-state index >= 15 is 0 Å². The lowest BCUT2D eigenvalue weighted by atomic mass is 9.98. The normalized spacial score (nSPS) is 24.3. The van der Waals surface area contributed by atoms with Gasteiger partial charge in [0.15, 0.2) is 0 Å². The first kappa shape index (κ1) is 15.6. The highest BCUT2D eigenvalue weighted by molar-refractivity contribution is 6.08. The highest BCUT2D eigenvalue weighted by Gasteiger charge is 2.36. The first-order chi connectivity index (χ1) is 11.0. The number of hydrogen-bond donors (Lipinski definition) is 0. The zero-order chi connectivity index (χ0) is 16.6. The van der Waals surface area contributed by atoms with E-state index in [-0.39, 0.29) is 30.0 Å². The smallest absolute Gasteiger partial charge is 0.251 e. The number of amides is 2. The van der Waals surface area contributed by atoms with Gasteiger partial charge in [-0.05, 0) is 31.0 Å². The summed E-state index contributed by atoms with van der Waals surface area (Å²) in [5, 5.41) is 5.39. The minimum atomic E-state index is -0.444. The largest absolute Gasteiger partial charge is 0.342 e. The first-order valence-electron chi connectivity index (χ1n) is 7.81. The van der Waals surface area contributed by atoms with Crippen molar-refractivity contribution in [1.29, 1.82) is 0 Å². The lowest BCUT2D eigenvalue weighted by Gasteiger charge is -2.19. The summed E-state index contributed by atoms with van der Waals surface area (Å²) in [4.78, 5) is 26.2. The number of carbonyl (C=O) groups excluding carboxylic acids is 2. The van der Waals surface area contributed by atoms with E-state index < -0.39 is 5.92 Å². The summed E-state index contributed by atoms with van der Waals surface area (Å²) < 4.78 is 13.3. The van der Waals surface area contributed by atoms with Crippen LogP contribution in [0.5, 0.6) is 0 Å². The van der Waals surface area contributed by atoms with E-state index in [1.807, 2.05) is 6.07 Å². The fourth-order valence-electron chi connectivity index (χ4n) is 3.32. The van der Waals surface area contributed by atoms with Crippen molar-refractivity contribution in [2.45, 2.75) is 25.7 Å². The Hall–Kier alpha value is -2.24. The summed E-state index contributed by atoms with van der Waals surface area (Å²) in [6, 6.07) is 6.55. The molecule has 3 rings (SSSR count). The van der Waals surface area contributed by atoms with Crippen molar-refractivity contribution in [3.05, 3.63) is 35.6 Å². The fourth-order valence-corrected chi connectivity index (χ4v) is 3.32. The molecule has 2 aliphatic heterocycles. The van der Waals surface area contributed by atoms with E-state index in [1.165, 1.54) is 17.1 Å². The molecular weight excluding hydrogens is 297 g/mol. The fraction of sp³-hybridized carbons (Fsp3) is 0.471. The molecule has 0 aromatic heterocycles. The lowest BCUT2D eigenvalue weighted by molar-refractivity contribution is -0.136. The minimum Gasteiger partial charge on any atom is -0.342 e. The van der Waals surface area contributed by atoms with Crippen LogP contribution in [0.2, 0.25) is 0 Å². The molecule has 2 atom stereocenters. The third-order valence-electron chi connectivity index (χ3n) is 4.67. The van der Waals surface area contributed by atoms with Gasteiger partial charge in [-0.3, -0.25) is 9.59 Å². The third-order valence-corrected chi connectivity index (χ3v) is 4.67. The topological polar surface area (TPSA) is 53.0 Å². The van der Waals surface area contributed by atoms with Crippen LogP contribution in [0.1, 0.15) is 31.2 Å². The summed E-state index contributed by atoms with van der Waals surface area (Å²) in [6.45, 7) is 3.00. The van der Waals surface area contributed by atoms with Crippen LogP contribution in [0.4, 0.5) is 4.39 Å². The van der Waals surface area contributed by atoms with Crippen molar-refractivity contribution in [2.24, 2.45) is 11.0 Å². The molecule has 2 heterocycles. The zero-order valence-electron chi connectivity index (χ0n) is 13.3. The van der Waals surface area contributed by atoms with Crippen LogP contribution in [-0.4, -0.2) is 47.6 Å². The van der Waals surface area contributed by atoms with Gasteiger partial charge in [-0.15, -0.1) is 0 Å². The number of rotatable bonds is 3. The summed E-state index contributed by atoms with van der Waals surface area (Å²) in [5.74, 6) is -0.699. The Morgan fingerprint density at radius 2 is 2.22 bits per heavy atom. The van der Waals surface area contributed by atoms with E-state index in [1.54, 1.807) is 24.9 Å². The van der Waals surface area contributed by atoms with Crippen molar-refractivity contribution in [3.63, 3.8) is 0 Å². The number of likely N-dealkylation sites (tertiary alicyclic amines) is 1. The van der Waals surface area contributed by atoms with Crippen LogP contribution in [0.25, 0.3) is 0 Å². The quantitative estimate of drug-likeness (QED) is 0.856. The van der Waals surface area contributed by atoms with Gasteiger partial charge in [0, 0.05) is 38.2 Å². The molecule has 0 bridgehead atoms. The molecule has 0 aliphatic carbocycles. The Morgan fingerprint density at radius 3 is 2.87 bits per heavy atom. The maximum Gasteiger partial charge on any atom is 0.251 e. The first-order valence-corrected chi connectivity index (χ1v) is 7.81. The Kier molecular flexibility index (Phi) is 4.15. The molecule has 2 aliphatic rings. The summed E-state index contributed by atoms with van der Waals surface area (Å²) in [6.07, 6.45) is 0.981. The van der Waals surface area contributed by atoms with Gasteiger partial charge in [-0.25, -0.2) is 9.40 Å². The van der Waals surface area contributed by atoms with Gasteiger partial charge < -0.3 is 4.90 Å². The van der Waals surface area contributed by atoms with E-state index in [0.29, 0.717) is 18.8 Å². The molecule has 0 radical (unpaired) electrons. The Morgan fingerprint density at radius 1 is 1.43 bits per heavy atom. The Bertz CT molecular complexity index is 674. The highest BCUT2D eigenvalue weighted by atomic mass is 19.1. The second-order valence-corrected chi connectivity index (χ2v) is 6.24. The molecule has 2 amide bonds. The van der Waals surface area contributed by atoms with Crippen LogP contribution in [-0.2, 0) is 9.59 Å². The number of halogens is 1. The molecule has 0 N–H and O–H groups in total. The third kappa shape index (κ3) is 3.11. The average Bonchev–Trinajstić information content (AvgIpc) is 3.09. The summed E-state index contributed by atoms with van der Waals surface area (Å²) in [5.41, 5.74) is 1.61. The van der Waals surface area contributed by atoms with Crippen LogP contribution >= 0.6 is 0 Å². The number of benzene rings is 1. The standard InChI is InChI=1S/C17H20FN3O2/c1-11-15(17(23)20(2)19-11)9-16(22)21-7-6-13(10-21)12-4-3-5-14(18)8-12/h3-5,8,13,15H,6-7,9-10H2,1-2H3. The molecule has 122 valence electrons. The predicted octanol–water partition coefficient (Wildman–Crippen LogP) is 2.00. The molecule has 1 saturated heterocycles. The van der Waals surface area contributed by atoms with E-state index in [4.69, 9.17) is 0 Å². The van der Waals surface area contributed by atoms with Gasteiger partial charge in [0.2, 0.25) is 5.91 Å². The molecule has 6 heteroatoms. The number of hydrazone groups is 1. The van der Waals surface area contributed by atoms with Gasteiger partial charge in [0.1, 0.15) is 5.82 Å². The van der Waals surface area contributed by atoms with Crippen molar-refractivity contribution in [1.82, 2.24) is 9.91 Å². The van der Waals surface area contributed by atoms with E-state index in [2.05, 4.69) is 5.10 Å². The van der Waals surface area contributed by atoms with Crippen molar-refractivity contribution in [2.75, 3.05) is 20.1 Å². The van der Waals surface area contributed by atoms with Crippen LogP contribution < -0.4 is 0 Å². The van der Waals surface area contributed by atoms with E-state index in [9.17, 15) is 14.0 Å². The summed E-state index contributed by atoms with van der Waals surface area (Å²) in [7, 11) is 1.60. The van der Waals surface area contributed by atoms with Gasteiger partial charge in [-0.2, -0.15) is 5.10 Å². The number of carbonyl (C=O) groups is 2. The molecule has 1 aromatic carbocycles. The Balaban J connectivity index is 1.62. The minimum absolute atomic E-state index is 0.0351. The van der Waals surface area contributed by atoms with Crippen molar-refractivity contribution < 1.29 is 14.0 Å². The predicted molar refractivity (Wildman–Crippen MR) is 84.3 cm³/mol. The maximum absolute atomic E-state index is 13.3. The van der Waals surface area contributed by atoms with Crippen LogP contribution in [0, 0.1) is 11.7 Å². The SMILES string of the molecule is CC1=NN(C)C(=O)C1CC(=O)N1CCC(c2cccc(F)c2)C1. The second kappa shape index (κ2) is 6.10. The van der Waals surface area contributed by atoms with Gasteiger partial charge in [0.25, 0.3) is 5.91 Å². The number of nitrogens with zero attached hydrogens (tertiary/aromatic N) is 3. The molecule has 0 spiro atoms. The van der Waals surface area contributed by atoms with Crippen molar-refractivity contribution >= 4 is 17.5 Å². The van der Waals surface area contributed by atoms with Crippen LogP contribution in [0.3, 0.4) is 0 Å². The van der Waals surface area contributed by atoms with Crippen molar-refractivity contribution in [3.8, 4) is 0 Å². The van der Waals surface area contributed by atoms with Gasteiger partial charge >= 0.3 is 0 Å². The number of hydrogen-bond acceptors (Lipinski definition) is 3. The highest BCUT2D eigenvalue weighted by Crippen LogP contribution is 2.29. The van der Waals surface area contributed by atoms with Gasteiger partial charge in [0.05, 0.1) is 5.92 Å². The van der Waals surface area contributed by atoms with Crippen LogP contribution in [0.15, 0.2) is 29.4 Å². The summed E-state index contributed by atoms with van der Waals surface area (Å²) >= 11 is 0. The van der Waals surface area contributed by atoms with Gasteiger partial charge in [-0.1, -0.05) is 12.1 Å². The Labute approximate surface area is 134 Å². The monoisotopic (exact) mass is 317 g/mol. The molecule has 5 nitrogen and oxygen atoms in total. The molecule has 1 fully saturated rings. The van der Waals surface area contributed by atoms with E-state index in [0.717, 1.165) is 12.0 Å². The molecule has 1 aromatic rings. The average molecular weight is 317 g/mol. The molecule has 23 heavy (non-hydrogen) atoms. The molecule has 0 saturated carbocycles. The lowest BCUT2D eigenvalue weighted by Crippen LogP contribution is -2.34.